The van der Waals surface area contributed by atoms with E-state index < -0.39 is 18.0 Å². The van der Waals surface area contributed by atoms with Crippen LogP contribution in [0.15, 0.2) is 30.3 Å². The van der Waals surface area contributed by atoms with Crippen molar-refractivity contribution in [1.82, 2.24) is 20.5 Å². The van der Waals surface area contributed by atoms with Crippen molar-refractivity contribution < 1.29 is 33.8 Å². The summed E-state index contributed by atoms with van der Waals surface area (Å²) < 4.78 is 10.3. The van der Waals surface area contributed by atoms with Crippen molar-refractivity contribution in [1.29, 1.82) is 0 Å². The van der Waals surface area contributed by atoms with Gasteiger partial charge in [-0.3, -0.25) is 24.6 Å². The van der Waals surface area contributed by atoms with E-state index in [-0.39, 0.29) is 30.2 Å². The van der Waals surface area contributed by atoms with Gasteiger partial charge in [-0.2, -0.15) is 0 Å². The number of hydrogen-bond acceptors (Lipinski definition) is 8. The lowest BCUT2D eigenvalue weighted by Gasteiger charge is -2.24. The molecule has 218 valence electrons. The van der Waals surface area contributed by atoms with E-state index in [1.807, 2.05) is 39.1 Å². The van der Waals surface area contributed by atoms with E-state index in [0.717, 1.165) is 29.8 Å². The molecule has 0 spiro atoms. The van der Waals surface area contributed by atoms with Crippen LogP contribution in [0.3, 0.4) is 0 Å². The highest BCUT2D eigenvalue weighted by Crippen LogP contribution is 2.28. The highest BCUT2D eigenvalue weighted by Gasteiger charge is 2.33. The molecule has 3 aliphatic rings. The molecule has 2 aromatic rings. The highest BCUT2D eigenvalue weighted by atomic mass is 16.5. The first-order valence-electron chi connectivity index (χ1n) is 13.3. The van der Waals surface area contributed by atoms with Gasteiger partial charge in [-0.1, -0.05) is 25.8 Å². The van der Waals surface area contributed by atoms with Crippen LogP contribution < -0.4 is 25.0 Å². The molecule has 1 aromatic heterocycles. The number of aliphatic hydroxyl groups is 1. The first kappa shape index (κ1) is 30.9. The molecule has 2 fully saturated rings. The number of aromatic nitrogens is 1. The first-order chi connectivity index (χ1) is 19.7. The molecule has 0 bridgehead atoms. The van der Waals surface area contributed by atoms with Gasteiger partial charge < -0.3 is 24.8 Å². The molecular formula is C29H35N5O7. The zero-order valence-electron chi connectivity index (χ0n) is 23.8. The standard InChI is InChI=1S/C16H16N4O5.C11H13NO2.C2H6/c1-25-12-5-6-13(20-9(8-21)2-7-14(20)22)17-10(12)3-4-11-15(23)19-16(24)18-11;1-12-6-5-8-3-4-9(14-2)7-10(8)11(12)13;1-2/h5-6,9,11,21H,2,7-8H2,1H3,(H2,18,19,23,24);3-4,7H,5-6H2,1-2H3;1-2H3. The Labute approximate surface area is 239 Å². The predicted molar refractivity (Wildman–Crippen MR) is 151 cm³/mol. The first-order valence-corrected chi connectivity index (χ1v) is 13.3. The number of benzene rings is 1. The number of pyridine rings is 1. The number of likely N-dealkylation sites (N-methyl/N-ethyl adjacent to an activating group) is 1. The summed E-state index contributed by atoms with van der Waals surface area (Å²) in [5, 5.41) is 13.9. The number of methoxy groups -OCH3 is 2. The predicted octanol–water partition coefficient (Wildman–Crippen LogP) is 1.49. The number of anilines is 1. The van der Waals surface area contributed by atoms with Crippen molar-refractivity contribution in [2.45, 2.75) is 45.2 Å². The van der Waals surface area contributed by atoms with Crippen LogP contribution in [0.5, 0.6) is 11.5 Å². The largest absolute Gasteiger partial charge is 0.497 e. The average Bonchev–Trinajstić information content (AvgIpc) is 3.54. The SMILES string of the molecule is CC.COc1ccc(N2C(=O)CCC2CO)nc1C#CC1NC(=O)NC1=O.COc1ccc2c(c1)C(=O)N(C)CC2. The summed E-state index contributed by atoms with van der Waals surface area (Å²) in [7, 11) is 4.88. The molecule has 12 heteroatoms. The second-order valence-electron chi connectivity index (χ2n) is 9.02. The van der Waals surface area contributed by atoms with Crippen LogP contribution in [0, 0.1) is 11.8 Å². The Kier molecular flexibility index (Phi) is 10.7. The lowest BCUT2D eigenvalue weighted by atomic mass is 9.99. The molecule has 0 aliphatic carbocycles. The number of carbonyl (C=O) groups is 4. The summed E-state index contributed by atoms with van der Waals surface area (Å²) in [6.45, 7) is 4.65. The van der Waals surface area contributed by atoms with Crippen molar-refractivity contribution in [2.24, 2.45) is 0 Å². The molecule has 2 unspecified atom stereocenters. The van der Waals surface area contributed by atoms with E-state index in [0.29, 0.717) is 24.4 Å². The van der Waals surface area contributed by atoms with E-state index >= 15 is 0 Å². The summed E-state index contributed by atoms with van der Waals surface area (Å²) >= 11 is 0. The molecule has 3 N–H and O–H groups in total. The fourth-order valence-corrected chi connectivity index (χ4v) is 4.41. The summed E-state index contributed by atoms with van der Waals surface area (Å²) in [5.74, 6) is 6.21. The number of ether oxygens (including phenoxy) is 2. The van der Waals surface area contributed by atoms with E-state index in [1.54, 1.807) is 24.1 Å². The zero-order chi connectivity index (χ0) is 30.1. The Balaban J connectivity index is 0.000000244. The van der Waals surface area contributed by atoms with E-state index in [2.05, 4.69) is 27.5 Å². The van der Waals surface area contributed by atoms with Gasteiger partial charge in [-0.05, 0) is 48.6 Å². The van der Waals surface area contributed by atoms with Crippen molar-refractivity contribution in [3.05, 3.63) is 47.2 Å². The number of hydrogen-bond donors (Lipinski definition) is 3. The molecule has 41 heavy (non-hydrogen) atoms. The summed E-state index contributed by atoms with van der Waals surface area (Å²) in [6, 6.07) is 7.01. The van der Waals surface area contributed by atoms with Crippen molar-refractivity contribution in [3.8, 4) is 23.3 Å². The average molecular weight is 566 g/mol. The monoisotopic (exact) mass is 565 g/mol. The third kappa shape index (κ3) is 7.12. The molecule has 2 atom stereocenters. The van der Waals surface area contributed by atoms with Crippen molar-refractivity contribution in [3.63, 3.8) is 0 Å². The van der Waals surface area contributed by atoms with E-state index in [9.17, 15) is 24.3 Å². The Morgan fingerprint density at radius 3 is 2.46 bits per heavy atom. The fraction of sp³-hybridized carbons (Fsp3) is 0.414. The molecule has 0 saturated carbocycles. The van der Waals surface area contributed by atoms with Gasteiger partial charge >= 0.3 is 6.03 Å². The third-order valence-corrected chi connectivity index (χ3v) is 6.57. The van der Waals surface area contributed by atoms with Crippen LogP contribution in [0.4, 0.5) is 10.6 Å². The summed E-state index contributed by atoms with van der Waals surface area (Å²) in [6.07, 6.45) is 1.83. The molecule has 5 rings (SSSR count). The Hall–Kier alpha value is -4.63. The molecule has 4 heterocycles. The quantitative estimate of drug-likeness (QED) is 0.373. The number of fused-ring (bicyclic) bond motifs is 1. The van der Waals surface area contributed by atoms with E-state index in [4.69, 9.17) is 9.47 Å². The normalized spacial score (nSPS) is 19.0. The van der Waals surface area contributed by atoms with Crippen LogP contribution in [0.1, 0.15) is 48.3 Å². The molecule has 12 nitrogen and oxygen atoms in total. The maximum absolute atomic E-state index is 12.1. The maximum Gasteiger partial charge on any atom is 0.322 e. The number of aliphatic hydroxyl groups excluding tert-OH is 1. The van der Waals surface area contributed by atoms with Crippen molar-refractivity contribution in [2.75, 3.05) is 39.3 Å². The second-order valence-corrected chi connectivity index (χ2v) is 9.02. The summed E-state index contributed by atoms with van der Waals surface area (Å²) in [4.78, 5) is 54.0. The topological polar surface area (TPSA) is 150 Å². The van der Waals surface area contributed by atoms with Gasteiger partial charge in [0.15, 0.2) is 17.5 Å². The van der Waals surface area contributed by atoms with Gasteiger partial charge in [0.2, 0.25) is 5.91 Å². The molecule has 3 aliphatic heterocycles. The number of nitrogens with one attached hydrogen (secondary N) is 2. The van der Waals surface area contributed by atoms with Gasteiger partial charge in [0.05, 0.1) is 26.9 Å². The van der Waals surface area contributed by atoms with Gasteiger partial charge in [-0.25, -0.2) is 9.78 Å². The second kappa shape index (κ2) is 14.1. The summed E-state index contributed by atoms with van der Waals surface area (Å²) in [5.41, 5.74) is 2.12. The number of imide groups is 1. The van der Waals surface area contributed by atoms with E-state index in [1.165, 1.54) is 12.0 Å². The Bertz CT molecular complexity index is 1370. The van der Waals surface area contributed by atoms with Gasteiger partial charge in [0, 0.05) is 25.6 Å². The van der Waals surface area contributed by atoms with Crippen LogP contribution >= 0.6 is 0 Å². The minimum Gasteiger partial charge on any atom is -0.497 e. The molecule has 1 aromatic carbocycles. The number of urea groups is 1. The van der Waals surface area contributed by atoms with Crippen LogP contribution in [-0.2, 0) is 16.0 Å². The minimum absolute atomic E-state index is 0.0881. The third-order valence-electron chi connectivity index (χ3n) is 6.57. The van der Waals surface area contributed by atoms with Gasteiger partial charge in [0.1, 0.15) is 11.6 Å². The lowest BCUT2D eigenvalue weighted by molar-refractivity contribution is -0.119. The zero-order valence-corrected chi connectivity index (χ0v) is 23.8. The van der Waals surface area contributed by atoms with Crippen LogP contribution in [0.25, 0.3) is 0 Å². The number of amides is 5. The number of nitrogens with zero attached hydrogens (tertiary/aromatic N) is 3. The smallest absolute Gasteiger partial charge is 0.322 e. The van der Waals surface area contributed by atoms with Crippen LogP contribution in [-0.4, -0.2) is 85.2 Å². The molecular weight excluding hydrogens is 530 g/mol. The van der Waals surface area contributed by atoms with Gasteiger partial charge in [0.25, 0.3) is 11.8 Å². The molecule has 0 radical (unpaired) electrons. The Morgan fingerprint density at radius 2 is 1.83 bits per heavy atom. The highest BCUT2D eigenvalue weighted by molar-refractivity contribution is 6.06. The Morgan fingerprint density at radius 1 is 1.07 bits per heavy atom. The molecule has 5 amide bonds. The fourth-order valence-electron chi connectivity index (χ4n) is 4.41. The van der Waals surface area contributed by atoms with Crippen molar-refractivity contribution >= 4 is 29.6 Å². The van der Waals surface area contributed by atoms with Gasteiger partial charge in [-0.15, -0.1) is 0 Å². The number of rotatable bonds is 4. The molecule has 2 saturated heterocycles. The number of carbonyl (C=O) groups excluding carboxylic acids is 4. The lowest BCUT2D eigenvalue weighted by Crippen LogP contribution is -2.36. The van der Waals surface area contributed by atoms with Crippen LogP contribution in [0.2, 0.25) is 0 Å². The minimum atomic E-state index is -0.971. The maximum atomic E-state index is 12.1.